The predicted octanol–water partition coefficient (Wildman–Crippen LogP) is 1.95. The smallest absolute Gasteiger partial charge is 0.239 e. The molecule has 0 fully saturated rings. The van der Waals surface area contributed by atoms with E-state index in [9.17, 15) is 4.79 Å². The van der Waals surface area contributed by atoms with Crippen molar-refractivity contribution in [2.24, 2.45) is 0 Å². The minimum Gasteiger partial charge on any atom is -0.493 e. The molecular formula is C14H20N2O2. The Morgan fingerprint density at radius 2 is 2.28 bits per heavy atom. The highest BCUT2D eigenvalue weighted by Crippen LogP contribution is 2.27. The van der Waals surface area contributed by atoms with Crippen molar-refractivity contribution >= 4 is 11.6 Å². The molecule has 0 spiro atoms. The van der Waals surface area contributed by atoms with Crippen LogP contribution in [0.25, 0.3) is 0 Å². The number of fused-ring (bicyclic) bond motifs is 1. The molecule has 0 aliphatic carbocycles. The molecule has 0 saturated carbocycles. The maximum atomic E-state index is 11.5. The molecular weight excluding hydrogens is 228 g/mol. The first-order valence-corrected chi connectivity index (χ1v) is 6.44. The van der Waals surface area contributed by atoms with Crippen LogP contribution in [0.1, 0.15) is 25.8 Å². The molecule has 2 N–H and O–H groups in total. The average molecular weight is 248 g/mol. The van der Waals surface area contributed by atoms with Crippen molar-refractivity contribution in [3.63, 3.8) is 0 Å². The van der Waals surface area contributed by atoms with E-state index in [0.29, 0.717) is 6.54 Å². The minimum atomic E-state index is 0.0129. The first-order chi connectivity index (χ1) is 8.65. The Bertz CT molecular complexity index is 430. The number of rotatable bonds is 4. The molecule has 0 unspecified atom stereocenters. The number of carbonyl (C=O) groups is 1. The van der Waals surface area contributed by atoms with Crippen molar-refractivity contribution in [1.29, 1.82) is 0 Å². The number of benzene rings is 1. The summed E-state index contributed by atoms with van der Waals surface area (Å²) in [5.74, 6) is 0.984. The number of anilines is 1. The molecule has 0 bridgehead atoms. The molecule has 1 heterocycles. The Morgan fingerprint density at radius 3 is 3.06 bits per heavy atom. The van der Waals surface area contributed by atoms with Gasteiger partial charge in [-0.05, 0) is 50.5 Å². The number of aryl methyl sites for hydroxylation is 1. The number of nitrogens with one attached hydrogen (secondary N) is 2. The molecule has 1 aliphatic heterocycles. The van der Waals surface area contributed by atoms with E-state index in [1.165, 1.54) is 5.56 Å². The van der Waals surface area contributed by atoms with Crippen molar-refractivity contribution in [2.75, 3.05) is 18.5 Å². The Hall–Kier alpha value is -1.71. The molecule has 0 aromatic heterocycles. The van der Waals surface area contributed by atoms with Crippen molar-refractivity contribution in [3.8, 4) is 5.75 Å². The highest BCUT2D eigenvalue weighted by Gasteiger charge is 2.10. The van der Waals surface area contributed by atoms with Crippen molar-refractivity contribution in [1.82, 2.24) is 5.32 Å². The minimum absolute atomic E-state index is 0.0129. The largest absolute Gasteiger partial charge is 0.493 e. The van der Waals surface area contributed by atoms with Crippen LogP contribution in [0.5, 0.6) is 5.75 Å². The van der Waals surface area contributed by atoms with Crippen molar-refractivity contribution < 1.29 is 9.53 Å². The highest BCUT2D eigenvalue weighted by atomic mass is 16.5. The predicted molar refractivity (Wildman–Crippen MR) is 72.0 cm³/mol. The summed E-state index contributed by atoms with van der Waals surface area (Å²) in [5.41, 5.74) is 2.19. The van der Waals surface area contributed by atoms with Crippen LogP contribution in [0.3, 0.4) is 0 Å². The van der Waals surface area contributed by atoms with Gasteiger partial charge in [-0.2, -0.15) is 0 Å². The van der Waals surface area contributed by atoms with E-state index in [4.69, 9.17) is 4.74 Å². The van der Waals surface area contributed by atoms with Gasteiger partial charge in [-0.3, -0.25) is 4.79 Å². The molecule has 18 heavy (non-hydrogen) atoms. The Morgan fingerprint density at radius 1 is 1.44 bits per heavy atom. The molecule has 0 radical (unpaired) electrons. The topological polar surface area (TPSA) is 50.4 Å². The average Bonchev–Trinajstić information content (AvgIpc) is 2.35. The fraction of sp³-hybridized carbons (Fsp3) is 0.500. The lowest BCUT2D eigenvalue weighted by molar-refractivity contribution is -0.119. The van der Waals surface area contributed by atoms with Gasteiger partial charge in [0.15, 0.2) is 0 Å². The van der Waals surface area contributed by atoms with Crippen LogP contribution in [0.4, 0.5) is 5.69 Å². The van der Waals surface area contributed by atoms with Crippen LogP contribution in [-0.2, 0) is 11.2 Å². The fourth-order valence-electron chi connectivity index (χ4n) is 2.03. The van der Waals surface area contributed by atoms with Crippen LogP contribution in [0.15, 0.2) is 18.2 Å². The summed E-state index contributed by atoms with van der Waals surface area (Å²) in [6, 6.07) is 6.16. The second kappa shape index (κ2) is 5.76. The Labute approximate surface area is 108 Å². The van der Waals surface area contributed by atoms with E-state index < -0.39 is 0 Å². The van der Waals surface area contributed by atoms with E-state index in [1.54, 1.807) is 0 Å². The Kier molecular flexibility index (Phi) is 4.07. The van der Waals surface area contributed by atoms with Gasteiger partial charge in [-0.1, -0.05) is 0 Å². The zero-order valence-electron chi connectivity index (χ0n) is 11.0. The van der Waals surface area contributed by atoms with E-state index >= 15 is 0 Å². The van der Waals surface area contributed by atoms with Gasteiger partial charge >= 0.3 is 0 Å². The van der Waals surface area contributed by atoms with E-state index in [0.717, 1.165) is 30.9 Å². The van der Waals surface area contributed by atoms with Gasteiger partial charge in [-0.15, -0.1) is 0 Å². The third-order valence-electron chi connectivity index (χ3n) is 2.81. The third kappa shape index (κ3) is 3.39. The van der Waals surface area contributed by atoms with Crippen LogP contribution in [0, 0.1) is 0 Å². The fourth-order valence-corrected chi connectivity index (χ4v) is 2.03. The molecule has 1 aliphatic rings. The maximum Gasteiger partial charge on any atom is 0.239 e. The van der Waals surface area contributed by atoms with Gasteiger partial charge in [0.1, 0.15) is 5.75 Å². The summed E-state index contributed by atoms with van der Waals surface area (Å²) in [6.07, 6.45) is 2.10. The van der Waals surface area contributed by atoms with Crippen LogP contribution < -0.4 is 15.4 Å². The lowest BCUT2D eigenvalue weighted by atomic mass is 10.1. The van der Waals surface area contributed by atoms with Crippen LogP contribution in [-0.4, -0.2) is 25.1 Å². The summed E-state index contributed by atoms with van der Waals surface area (Å²) in [7, 11) is 0. The zero-order valence-corrected chi connectivity index (χ0v) is 11.0. The summed E-state index contributed by atoms with van der Waals surface area (Å²) in [5, 5.41) is 5.98. The molecule has 1 aromatic rings. The van der Waals surface area contributed by atoms with Crippen LogP contribution >= 0.6 is 0 Å². The standard InChI is InChI=1S/C14H20N2O2/c1-10(2)16-14(17)9-15-12-5-6-13-11(8-12)4-3-7-18-13/h5-6,8,10,15H,3-4,7,9H2,1-2H3,(H,16,17). The summed E-state index contributed by atoms with van der Waals surface area (Å²) in [4.78, 5) is 11.5. The second-order valence-electron chi connectivity index (χ2n) is 4.85. The monoisotopic (exact) mass is 248 g/mol. The molecule has 98 valence electrons. The molecule has 0 saturated heterocycles. The molecule has 1 amide bonds. The maximum absolute atomic E-state index is 11.5. The van der Waals surface area contributed by atoms with Crippen molar-refractivity contribution in [2.45, 2.75) is 32.7 Å². The highest BCUT2D eigenvalue weighted by molar-refractivity contribution is 5.81. The number of hydrogen-bond donors (Lipinski definition) is 2. The van der Waals surface area contributed by atoms with Gasteiger partial charge in [0.25, 0.3) is 0 Å². The molecule has 2 rings (SSSR count). The zero-order chi connectivity index (χ0) is 13.0. The summed E-state index contributed by atoms with van der Waals surface area (Å²) < 4.78 is 5.55. The van der Waals surface area contributed by atoms with Gasteiger partial charge in [-0.25, -0.2) is 0 Å². The normalized spacial score (nSPS) is 13.7. The Balaban J connectivity index is 1.92. The molecule has 4 heteroatoms. The number of amides is 1. The molecule has 0 atom stereocenters. The molecule has 1 aromatic carbocycles. The van der Waals surface area contributed by atoms with Crippen LogP contribution in [0.2, 0.25) is 0 Å². The van der Waals surface area contributed by atoms with Gasteiger partial charge < -0.3 is 15.4 Å². The first-order valence-electron chi connectivity index (χ1n) is 6.44. The second-order valence-corrected chi connectivity index (χ2v) is 4.85. The summed E-state index contributed by atoms with van der Waals surface area (Å²) >= 11 is 0. The lowest BCUT2D eigenvalue weighted by Crippen LogP contribution is -2.34. The van der Waals surface area contributed by atoms with E-state index in [2.05, 4.69) is 16.7 Å². The van der Waals surface area contributed by atoms with E-state index in [1.807, 2.05) is 26.0 Å². The van der Waals surface area contributed by atoms with Crippen molar-refractivity contribution in [3.05, 3.63) is 23.8 Å². The molecule has 4 nitrogen and oxygen atoms in total. The van der Waals surface area contributed by atoms with Gasteiger partial charge in [0.05, 0.1) is 13.2 Å². The SMILES string of the molecule is CC(C)NC(=O)CNc1ccc2c(c1)CCCO2. The van der Waals surface area contributed by atoms with E-state index in [-0.39, 0.29) is 11.9 Å². The number of carbonyl (C=O) groups excluding carboxylic acids is 1. The first kappa shape index (κ1) is 12.7. The number of hydrogen-bond acceptors (Lipinski definition) is 3. The number of ether oxygens (including phenoxy) is 1. The third-order valence-corrected chi connectivity index (χ3v) is 2.81. The quantitative estimate of drug-likeness (QED) is 0.856. The lowest BCUT2D eigenvalue weighted by Gasteiger charge is -2.18. The summed E-state index contributed by atoms with van der Waals surface area (Å²) in [6.45, 7) is 5.01. The van der Waals surface area contributed by atoms with Gasteiger partial charge in [0, 0.05) is 11.7 Å². The van der Waals surface area contributed by atoms with Gasteiger partial charge in [0.2, 0.25) is 5.91 Å².